The number of amides is 3. The molecule has 24 heavy (non-hydrogen) atoms. The molecule has 0 fully saturated rings. The molecular formula is C14H26N4O6. The summed E-state index contributed by atoms with van der Waals surface area (Å²) in [5, 5.41) is 25.0. The van der Waals surface area contributed by atoms with Gasteiger partial charge in [-0.25, -0.2) is 4.79 Å². The lowest BCUT2D eigenvalue weighted by Crippen LogP contribution is -2.51. The van der Waals surface area contributed by atoms with Gasteiger partial charge in [0.25, 0.3) is 0 Å². The van der Waals surface area contributed by atoms with Gasteiger partial charge in [-0.05, 0) is 12.8 Å². The zero-order valence-electron chi connectivity index (χ0n) is 14.0. The SMILES string of the molecule is CCC(C)C(NC(=O)CNC(=O)CNC(=O)C(N)C(C)O)C(=O)O. The molecule has 0 bridgehead atoms. The second kappa shape index (κ2) is 10.6. The van der Waals surface area contributed by atoms with Crippen molar-refractivity contribution in [3.05, 3.63) is 0 Å². The van der Waals surface area contributed by atoms with Crippen molar-refractivity contribution in [2.45, 2.75) is 45.4 Å². The van der Waals surface area contributed by atoms with Gasteiger partial charge in [-0.2, -0.15) is 0 Å². The van der Waals surface area contributed by atoms with Crippen molar-refractivity contribution < 1.29 is 29.4 Å². The highest BCUT2D eigenvalue weighted by Crippen LogP contribution is 2.07. The summed E-state index contributed by atoms with van der Waals surface area (Å²) < 4.78 is 0. The number of aliphatic carboxylic acids is 1. The van der Waals surface area contributed by atoms with Crippen LogP contribution in [0.15, 0.2) is 0 Å². The Morgan fingerprint density at radius 2 is 1.58 bits per heavy atom. The van der Waals surface area contributed by atoms with E-state index >= 15 is 0 Å². The molecule has 0 radical (unpaired) electrons. The van der Waals surface area contributed by atoms with E-state index in [0.29, 0.717) is 6.42 Å². The maximum atomic E-state index is 11.7. The minimum atomic E-state index is -1.16. The highest BCUT2D eigenvalue weighted by molar-refractivity contribution is 5.90. The Hall–Kier alpha value is -2.20. The summed E-state index contributed by atoms with van der Waals surface area (Å²) in [7, 11) is 0. The van der Waals surface area contributed by atoms with Crippen molar-refractivity contribution in [3.63, 3.8) is 0 Å². The third-order valence-electron chi connectivity index (χ3n) is 3.49. The number of hydrogen-bond donors (Lipinski definition) is 6. The number of carboxylic acids is 1. The second-order valence-electron chi connectivity index (χ2n) is 5.53. The van der Waals surface area contributed by atoms with Gasteiger partial charge in [0.05, 0.1) is 19.2 Å². The summed E-state index contributed by atoms with van der Waals surface area (Å²) in [6.07, 6.45) is -0.494. The van der Waals surface area contributed by atoms with E-state index in [0.717, 1.165) is 0 Å². The fraction of sp³-hybridized carbons (Fsp3) is 0.714. The molecule has 3 amide bonds. The van der Waals surface area contributed by atoms with Gasteiger partial charge in [-0.1, -0.05) is 20.3 Å². The number of carbonyl (C=O) groups excluding carboxylic acids is 3. The van der Waals surface area contributed by atoms with Crippen LogP contribution >= 0.6 is 0 Å². The van der Waals surface area contributed by atoms with Gasteiger partial charge in [0, 0.05) is 0 Å². The number of carbonyl (C=O) groups is 4. The van der Waals surface area contributed by atoms with Crippen molar-refractivity contribution >= 4 is 23.7 Å². The molecule has 4 unspecified atom stereocenters. The average Bonchev–Trinajstić information content (AvgIpc) is 2.53. The van der Waals surface area contributed by atoms with Crippen LogP contribution in [0, 0.1) is 5.92 Å². The molecule has 0 aromatic carbocycles. The van der Waals surface area contributed by atoms with Gasteiger partial charge in [0.1, 0.15) is 12.1 Å². The van der Waals surface area contributed by atoms with Crippen LogP contribution in [-0.4, -0.2) is 65.2 Å². The van der Waals surface area contributed by atoms with Gasteiger partial charge in [0.15, 0.2) is 0 Å². The minimum Gasteiger partial charge on any atom is -0.480 e. The quantitative estimate of drug-likeness (QED) is 0.255. The summed E-state index contributed by atoms with van der Waals surface area (Å²) in [6, 6.07) is -2.20. The first-order valence-corrected chi connectivity index (χ1v) is 7.60. The Balaban J connectivity index is 4.24. The predicted octanol–water partition coefficient (Wildman–Crippen LogP) is -2.46. The van der Waals surface area contributed by atoms with Gasteiger partial charge in [0.2, 0.25) is 17.7 Å². The number of nitrogens with one attached hydrogen (secondary N) is 3. The summed E-state index contributed by atoms with van der Waals surface area (Å²) in [5.74, 6) is -3.41. The lowest BCUT2D eigenvalue weighted by atomic mass is 9.99. The molecule has 0 aromatic rings. The van der Waals surface area contributed by atoms with Crippen molar-refractivity contribution in [1.82, 2.24) is 16.0 Å². The Labute approximate surface area is 140 Å². The van der Waals surface area contributed by atoms with E-state index in [9.17, 15) is 19.2 Å². The first kappa shape index (κ1) is 21.8. The van der Waals surface area contributed by atoms with E-state index in [-0.39, 0.29) is 5.92 Å². The zero-order valence-corrected chi connectivity index (χ0v) is 14.0. The van der Waals surface area contributed by atoms with Gasteiger partial charge in [-0.15, -0.1) is 0 Å². The molecule has 4 atom stereocenters. The normalized spacial score (nSPS) is 15.5. The number of hydrogen-bond acceptors (Lipinski definition) is 6. The van der Waals surface area contributed by atoms with Crippen LogP contribution < -0.4 is 21.7 Å². The van der Waals surface area contributed by atoms with Crippen LogP contribution in [0.3, 0.4) is 0 Å². The number of carboxylic acid groups (broad SMARTS) is 1. The zero-order chi connectivity index (χ0) is 18.9. The molecule has 0 rings (SSSR count). The molecule has 0 aromatic heterocycles. The molecule has 10 heteroatoms. The standard InChI is InChI=1S/C14H26N4O6/c1-4-7(2)12(14(23)24)18-10(21)6-16-9(20)5-17-13(22)11(15)8(3)19/h7-8,11-12,19H,4-6,15H2,1-3H3,(H,16,20)(H,17,22)(H,18,21)(H,23,24). The molecule has 0 spiro atoms. The number of aliphatic hydroxyl groups is 1. The summed E-state index contributed by atoms with van der Waals surface area (Å²) in [4.78, 5) is 45.7. The molecule has 0 saturated heterocycles. The topological polar surface area (TPSA) is 171 Å². The number of nitrogens with two attached hydrogens (primary N) is 1. The Morgan fingerprint density at radius 1 is 1.04 bits per heavy atom. The average molecular weight is 346 g/mol. The fourth-order valence-corrected chi connectivity index (χ4v) is 1.65. The number of rotatable bonds is 10. The van der Waals surface area contributed by atoms with Crippen molar-refractivity contribution in [3.8, 4) is 0 Å². The van der Waals surface area contributed by atoms with Crippen molar-refractivity contribution in [1.29, 1.82) is 0 Å². The van der Waals surface area contributed by atoms with Crippen molar-refractivity contribution in [2.75, 3.05) is 13.1 Å². The molecule has 0 saturated carbocycles. The predicted molar refractivity (Wildman–Crippen MR) is 84.7 cm³/mol. The van der Waals surface area contributed by atoms with E-state index in [4.69, 9.17) is 15.9 Å². The van der Waals surface area contributed by atoms with Crippen molar-refractivity contribution in [2.24, 2.45) is 11.7 Å². The van der Waals surface area contributed by atoms with Crippen LogP contribution in [0.1, 0.15) is 27.2 Å². The molecule has 0 heterocycles. The first-order chi connectivity index (χ1) is 11.1. The summed E-state index contributed by atoms with van der Waals surface area (Å²) in [6.45, 7) is 4.00. The minimum absolute atomic E-state index is 0.261. The molecule has 0 aliphatic rings. The van der Waals surface area contributed by atoms with E-state index in [1.54, 1.807) is 13.8 Å². The van der Waals surface area contributed by atoms with E-state index in [1.807, 2.05) is 0 Å². The first-order valence-electron chi connectivity index (χ1n) is 7.60. The lowest BCUT2D eigenvalue weighted by molar-refractivity contribution is -0.143. The van der Waals surface area contributed by atoms with E-state index < -0.39 is 55.0 Å². The van der Waals surface area contributed by atoms with Crippen LogP contribution in [-0.2, 0) is 19.2 Å². The molecule has 0 aliphatic carbocycles. The van der Waals surface area contributed by atoms with E-state index in [1.165, 1.54) is 6.92 Å². The third-order valence-corrected chi connectivity index (χ3v) is 3.49. The maximum Gasteiger partial charge on any atom is 0.326 e. The molecule has 7 N–H and O–H groups in total. The monoisotopic (exact) mass is 346 g/mol. The third kappa shape index (κ3) is 7.88. The highest BCUT2D eigenvalue weighted by Gasteiger charge is 2.25. The smallest absolute Gasteiger partial charge is 0.326 e. The number of aliphatic hydroxyl groups excluding tert-OH is 1. The summed E-state index contributed by atoms with van der Waals surface area (Å²) >= 11 is 0. The van der Waals surface area contributed by atoms with E-state index in [2.05, 4.69) is 16.0 Å². The largest absolute Gasteiger partial charge is 0.480 e. The summed E-state index contributed by atoms with van der Waals surface area (Å²) in [5.41, 5.74) is 5.38. The van der Waals surface area contributed by atoms with Crippen LogP contribution in [0.5, 0.6) is 0 Å². The lowest BCUT2D eigenvalue weighted by Gasteiger charge is -2.20. The molecule has 10 nitrogen and oxygen atoms in total. The Kier molecular flexibility index (Phi) is 9.58. The highest BCUT2D eigenvalue weighted by atomic mass is 16.4. The van der Waals surface area contributed by atoms with Crippen LogP contribution in [0.4, 0.5) is 0 Å². The van der Waals surface area contributed by atoms with Gasteiger partial charge < -0.3 is 31.9 Å². The molecule has 138 valence electrons. The maximum absolute atomic E-state index is 11.7. The van der Waals surface area contributed by atoms with Gasteiger partial charge in [-0.3, -0.25) is 14.4 Å². The molecular weight excluding hydrogens is 320 g/mol. The second-order valence-corrected chi connectivity index (χ2v) is 5.53. The van der Waals surface area contributed by atoms with Gasteiger partial charge >= 0.3 is 5.97 Å². The fourth-order valence-electron chi connectivity index (χ4n) is 1.65. The Morgan fingerprint density at radius 3 is 2.04 bits per heavy atom. The van der Waals surface area contributed by atoms with Crippen LogP contribution in [0.25, 0.3) is 0 Å². The molecule has 0 aliphatic heterocycles. The Bertz CT molecular complexity index is 468. The van der Waals surface area contributed by atoms with Crippen LogP contribution in [0.2, 0.25) is 0 Å².